The van der Waals surface area contributed by atoms with Gasteiger partial charge in [0, 0.05) is 16.6 Å². The quantitative estimate of drug-likeness (QED) is 0.925. The minimum absolute atomic E-state index is 0.273. The minimum atomic E-state index is -0.347. The van der Waals surface area contributed by atoms with Gasteiger partial charge in [-0.05, 0) is 36.2 Å². The van der Waals surface area contributed by atoms with E-state index in [0.29, 0.717) is 13.2 Å². The summed E-state index contributed by atoms with van der Waals surface area (Å²) in [6.07, 6.45) is 0. The summed E-state index contributed by atoms with van der Waals surface area (Å²) in [5.41, 5.74) is 8.53. The van der Waals surface area contributed by atoms with E-state index in [1.165, 1.54) is 6.07 Å². The summed E-state index contributed by atoms with van der Waals surface area (Å²) in [7, 11) is 0. The molecule has 2 aromatic carbocycles. The first-order valence-electron chi connectivity index (χ1n) is 5.96. The molecule has 0 atom stereocenters. The third kappa shape index (κ3) is 3.55. The molecule has 100 valence electrons. The van der Waals surface area contributed by atoms with Crippen molar-refractivity contribution in [2.24, 2.45) is 5.73 Å². The first kappa shape index (κ1) is 14.0. The second-order valence-electron chi connectivity index (χ2n) is 4.35. The highest BCUT2D eigenvalue weighted by molar-refractivity contribution is 9.10. The molecule has 4 heteroatoms. The molecular formula is C15H15BrFNO. The molecule has 0 aliphatic rings. The molecule has 0 bridgehead atoms. The molecular weight excluding hydrogens is 309 g/mol. The van der Waals surface area contributed by atoms with Crippen LogP contribution in [0, 0.1) is 12.7 Å². The number of halogens is 2. The van der Waals surface area contributed by atoms with Gasteiger partial charge in [-0.2, -0.15) is 0 Å². The van der Waals surface area contributed by atoms with Crippen molar-refractivity contribution in [2.75, 3.05) is 0 Å². The fourth-order valence-corrected chi connectivity index (χ4v) is 2.25. The van der Waals surface area contributed by atoms with Crippen LogP contribution in [0.1, 0.15) is 16.7 Å². The number of ether oxygens (including phenoxy) is 1. The van der Waals surface area contributed by atoms with Gasteiger partial charge in [0.1, 0.15) is 6.61 Å². The molecule has 2 rings (SSSR count). The third-order valence-corrected chi connectivity index (χ3v) is 3.56. The van der Waals surface area contributed by atoms with Crippen LogP contribution < -0.4 is 10.5 Å². The predicted octanol–water partition coefficient (Wildman–Crippen LogP) is 3.93. The normalized spacial score (nSPS) is 10.5. The Bertz CT molecular complexity index is 586. The molecule has 0 radical (unpaired) electrons. The highest BCUT2D eigenvalue weighted by Crippen LogP contribution is 2.23. The summed E-state index contributed by atoms with van der Waals surface area (Å²) >= 11 is 3.47. The molecule has 0 unspecified atom stereocenters. The Labute approximate surface area is 120 Å². The molecule has 0 amide bonds. The fraction of sp³-hybridized carbons (Fsp3) is 0.200. The van der Waals surface area contributed by atoms with E-state index in [9.17, 15) is 4.39 Å². The van der Waals surface area contributed by atoms with E-state index in [0.717, 1.165) is 21.2 Å². The maximum atomic E-state index is 13.5. The maximum absolute atomic E-state index is 13.5. The van der Waals surface area contributed by atoms with Crippen molar-refractivity contribution in [3.05, 3.63) is 63.4 Å². The lowest BCUT2D eigenvalue weighted by Crippen LogP contribution is -2.01. The lowest BCUT2D eigenvalue weighted by atomic mass is 10.1. The number of hydrogen-bond acceptors (Lipinski definition) is 2. The SMILES string of the molecule is Cc1ccc(F)c(OCc2ccc(CN)cc2Br)c1. The fourth-order valence-electron chi connectivity index (χ4n) is 1.71. The lowest BCUT2D eigenvalue weighted by molar-refractivity contribution is 0.289. The van der Waals surface area contributed by atoms with Crippen LogP contribution in [0.3, 0.4) is 0 Å². The first-order valence-corrected chi connectivity index (χ1v) is 6.76. The number of aryl methyl sites for hydroxylation is 1. The van der Waals surface area contributed by atoms with Gasteiger partial charge in [-0.3, -0.25) is 0 Å². The number of nitrogens with two attached hydrogens (primary N) is 1. The van der Waals surface area contributed by atoms with E-state index >= 15 is 0 Å². The average molecular weight is 324 g/mol. The number of hydrogen-bond donors (Lipinski definition) is 1. The van der Waals surface area contributed by atoms with Crippen molar-refractivity contribution in [3.63, 3.8) is 0 Å². The van der Waals surface area contributed by atoms with E-state index in [4.69, 9.17) is 10.5 Å². The van der Waals surface area contributed by atoms with Gasteiger partial charge >= 0.3 is 0 Å². The standard InChI is InChI=1S/C15H15BrFNO/c1-10-2-5-14(17)15(6-10)19-9-12-4-3-11(8-18)7-13(12)16/h2-7H,8-9,18H2,1H3. The van der Waals surface area contributed by atoms with Crippen molar-refractivity contribution in [2.45, 2.75) is 20.1 Å². The highest BCUT2D eigenvalue weighted by atomic mass is 79.9. The van der Waals surface area contributed by atoms with Crippen LogP contribution in [0.4, 0.5) is 4.39 Å². The Hall–Kier alpha value is -1.39. The monoisotopic (exact) mass is 323 g/mol. The summed E-state index contributed by atoms with van der Waals surface area (Å²) in [5.74, 6) is -0.0740. The van der Waals surface area contributed by atoms with Gasteiger partial charge in [-0.1, -0.05) is 34.1 Å². The summed E-state index contributed by atoms with van der Waals surface area (Å²) < 4.78 is 20.0. The average Bonchev–Trinajstić information content (AvgIpc) is 2.40. The van der Waals surface area contributed by atoms with Gasteiger partial charge in [0.05, 0.1) is 0 Å². The minimum Gasteiger partial charge on any atom is -0.486 e. The van der Waals surface area contributed by atoms with Gasteiger partial charge in [-0.15, -0.1) is 0 Å². The summed E-state index contributed by atoms with van der Waals surface area (Å²) in [4.78, 5) is 0. The predicted molar refractivity (Wildman–Crippen MR) is 77.5 cm³/mol. The van der Waals surface area contributed by atoms with Crippen LogP contribution in [0.15, 0.2) is 40.9 Å². The molecule has 0 aliphatic carbocycles. The van der Waals surface area contributed by atoms with Gasteiger partial charge in [0.2, 0.25) is 0 Å². The van der Waals surface area contributed by atoms with E-state index in [-0.39, 0.29) is 11.6 Å². The van der Waals surface area contributed by atoms with E-state index < -0.39 is 0 Å². The Morgan fingerprint density at radius 1 is 1.21 bits per heavy atom. The molecule has 0 aliphatic heterocycles. The Balaban J connectivity index is 2.12. The van der Waals surface area contributed by atoms with Crippen molar-refractivity contribution >= 4 is 15.9 Å². The zero-order valence-corrected chi connectivity index (χ0v) is 12.2. The molecule has 2 N–H and O–H groups in total. The molecule has 0 saturated carbocycles. The molecule has 0 aromatic heterocycles. The Kier molecular flexibility index (Phi) is 4.56. The van der Waals surface area contributed by atoms with Crippen molar-refractivity contribution < 1.29 is 9.13 Å². The largest absolute Gasteiger partial charge is 0.486 e. The van der Waals surface area contributed by atoms with E-state index in [2.05, 4.69) is 15.9 Å². The summed E-state index contributed by atoms with van der Waals surface area (Å²) in [6.45, 7) is 2.70. The van der Waals surface area contributed by atoms with Gasteiger partial charge in [0.15, 0.2) is 11.6 Å². The van der Waals surface area contributed by atoms with Crippen LogP contribution in [0.25, 0.3) is 0 Å². The molecule has 0 spiro atoms. The lowest BCUT2D eigenvalue weighted by Gasteiger charge is -2.10. The molecule has 0 heterocycles. The number of benzene rings is 2. The zero-order chi connectivity index (χ0) is 13.8. The highest BCUT2D eigenvalue weighted by Gasteiger charge is 2.06. The second-order valence-corrected chi connectivity index (χ2v) is 5.21. The van der Waals surface area contributed by atoms with Crippen LogP contribution in [0.2, 0.25) is 0 Å². The molecule has 19 heavy (non-hydrogen) atoms. The Morgan fingerprint density at radius 2 is 2.00 bits per heavy atom. The van der Waals surface area contributed by atoms with Crippen LogP contribution in [-0.2, 0) is 13.2 Å². The van der Waals surface area contributed by atoms with Gasteiger partial charge in [-0.25, -0.2) is 4.39 Å². The Morgan fingerprint density at radius 3 is 2.68 bits per heavy atom. The van der Waals surface area contributed by atoms with E-state index in [1.54, 1.807) is 12.1 Å². The van der Waals surface area contributed by atoms with Crippen LogP contribution in [0.5, 0.6) is 5.75 Å². The smallest absolute Gasteiger partial charge is 0.165 e. The van der Waals surface area contributed by atoms with Crippen LogP contribution in [-0.4, -0.2) is 0 Å². The molecule has 0 saturated heterocycles. The van der Waals surface area contributed by atoms with Gasteiger partial charge in [0.25, 0.3) is 0 Å². The maximum Gasteiger partial charge on any atom is 0.165 e. The number of rotatable bonds is 4. The molecule has 2 aromatic rings. The third-order valence-electron chi connectivity index (χ3n) is 2.82. The summed E-state index contributed by atoms with van der Waals surface area (Å²) in [6, 6.07) is 10.6. The zero-order valence-electron chi connectivity index (χ0n) is 10.6. The van der Waals surface area contributed by atoms with E-state index in [1.807, 2.05) is 25.1 Å². The molecule has 2 nitrogen and oxygen atoms in total. The van der Waals surface area contributed by atoms with Crippen molar-refractivity contribution in [3.8, 4) is 5.75 Å². The van der Waals surface area contributed by atoms with Crippen molar-refractivity contribution in [1.29, 1.82) is 0 Å². The van der Waals surface area contributed by atoms with Crippen LogP contribution >= 0.6 is 15.9 Å². The van der Waals surface area contributed by atoms with Crippen molar-refractivity contribution in [1.82, 2.24) is 0 Å². The summed E-state index contributed by atoms with van der Waals surface area (Å²) in [5, 5.41) is 0. The topological polar surface area (TPSA) is 35.2 Å². The second kappa shape index (κ2) is 6.17. The molecule has 0 fully saturated rings. The van der Waals surface area contributed by atoms with Gasteiger partial charge < -0.3 is 10.5 Å². The first-order chi connectivity index (χ1) is 9.10.